The smallest absolute Gasteiger partial charge is 0.227 e. The van der Waals surface area contributed by atoms with E-state index in [1.165, 1.54) is 0 Å². The van der Waals surface area contributed by atoms with Crippen LogP contribution in [-0.2, 0) is 11.2 Å². The third kappa shape index (κ3) is 3.20. The van der Waals surface area contributed by atoms with Gasteiger partial charge in [0.25, 0.3) is 0 Å². The Morgan fingerprint density at radius 3 is 2.53 bits per heavy atom. The van der Waals surface area contributed by atoms with E-state index in [9.17, 15) is 4.79 Å². The molecule has 0 unspecified atom stereocenters. The van der Waals surface area contributed by atoms with Crippen LogP contribution in [-0.4, -0.2) is 48.9 Å². The van der Waals surface area contributed by atoms with Crippen LogP contribution in [0.1, 0.15) is 5.56 Å². The molecule has 92 valence electrons. The molecule has 1 aliphatic rings. The summed E-state index contributed by atoms with van der Waals surface area (Å²) in [6, 6.07) is 7.54. The summed E-state index contributed by atoms with van der Waals surface area (Å²) in [5, 5.41) is 0.676. The number of hydrogen-bond acceptors (Lipinski definition) is 2. The topological polar surface area (TPSA) is 23.6 Å². The summed E-state index contributed by atoms with van der Waals surface area (Å²) in [6.07, 6.45) is 0.406. The largest absolute Gasteiger partial charge is 0.340 e. The number of carbonyl (C=O) groups excluding carboxylic acids is 1. The van der Waals surface area contributed by atoms with Crippen molar-refractivity contribution in [2.75, 3.05) is 33.2 Å². The van der Waals surface area contributed by atoms with Crippen molar-refractivity contribution in [2.45, 2.75) is 6.42 Å². The second kappa shape index (κ2) is 5.52. The molecule has 1 aromatic carbocycles. The van der Waals surface area contributed by atoms with E-state index >= 15 is 0 Å². The van der Waals surface area contributed by atoms with Gasteiger partial charge in [-0.25, -0.2) is 0 Å². The molecule has 0 radical (unpaired) electrons. The maximum atomic E-state index is 12.1. The molecule has 0 saturated carbocycles. The maximum Gasteiger partial charge on any atom is 0.227 e. The van der Waals surface area contributed by atoms with Crippen molar-refractivity contribution in [3.63, 3.8) is 0 Å². The summed E-state index contributed by atoms with van der Waals surface area (Å²) in [6.45, 7) is 3.54. The van der Waals surface area contributed by atoms with Crippen LogP contribution < -0.4 is 0 Å². The van der Waals surface area contributed by atoms with E-state index < -0.39 is 0 Å². The van der Waals surface area contributed by atoms with Crippen molar-refractivity contribution in [3.8, 4) is 0 Å². The lowest BCUT2D eigenvalue weighted by Crippen LogP contribution is -2.47. The van der Waals surface area contributed by atoms with Gasteiger partial charge in [-0.1, -0.05) is 29.8 Å². The molecular weight excluding hydrogens is 236 g/mol. The zero-order valence-corrected chi connectivity index (χ0v) is 10.8. The lowest BCUT2D eigenvalue weighted by atomic mass is 10.1. The summed E-state index contributed by atoms with van der Waals surface area (Å²) < 4.78 is 0. The second-order valence-corrected chi connectivity index (χ2v) is 4.86. The molecule has 0 bridgehead atoms. The first-order valence-electron chi connectivity index (χ1n) is 5.86. The van der Waals surface area contributed by atoms with E-state index in [0.717, 1.165) is 31.7 Å². The minimum Gasteiger partial charge on any atom is -0.340 e. The van der Waals surface area contributed by atoms with Gasteiger partial charge in [0, 0.05) is 31.2 Å². The first kappa shape index (κ1) is 12.4. The molecule has 1 heterocycles. The average Bonchev–Trinajstić information content (AvgIpc) is 2.33. The van der Waals surface area contributed by atoms with Gasteiger partial charge in [0.15, 0.2) is 0 Å². The Hall–Kier alpha value is -1.06. The molecule has 0 aliphatic carbocycles. The second-order valence-electron chi connectivity index (χ2n) is 4.45. The minimum absolute atomic E-state index is 0.172. The van der Waals surface area contributed by atoms with Gasteiger partial charge in [-0.15, -0.1) is 0 Å². The van der Waals surface area contributed by atoms with Crippen molar-refractivity contribution in [3.05, 3.63) is 34.9 Å². The van der Waals surface area contributed by atoms with Crippen molar-refractivity contribution in [1.29, 1.82) is 0 Å². The molecule has 1 fully saturated rings. The molecule has 4 heteroatoms. The highest BCUT2D eigenvalue weighted by Gasteiger charge is 2.19. The number of likely N-dealkylation sites (N-methyl/N-ethyl adjacent to an activating group) is 1. The Labute approximate surface area is 107 Å². The molecule has 2 rings (SSSR count). The molecule has 0 aromatic heterocycles. The first-order valence-corrected chi connectivity index (χ1v) is 6.24. The Bertz CT molecular complexity index is 400. The normalized spacial score (nSPS) is 17.2. The highest BCUT2D eigenvalue weighted by atomic mass is 35.5. The summed E-state index contributed by atoms with van der Waals surface area (Å²) in [7, 11) is 2.08. The molecular formula is C13H17ClN2O. The summed E-state index contributed by atoms with van der Waals surface area (Å²) in [4.78, 5) is 16.2. The number of nitrogens with zero attached hydrogens (tertiary/aromatic N) is 2. The Morgan fingerprint density at radius 2 is 1.88 bits per heavy atom. The molecule has 0 spiro atoms. The van der Waals surface area contributed by atoms with E-state index in [-0.39, 0.29) is 5.91 Å². The monoisotopic (exact) mass is 252 g/mol. The standard InChI is InChI=1S/C13H17ClN2O/c1-15-6-8-16(9-7-15)13(17)10-11-4-2-3-5-12(11)14/h2-5H,6-10H2,1H3. The molecule has 1 saturated heterocycles. The van der Waals surface area contributed by atoms with E-state index in [1.807, 2.05) is 29.2 Å². The van der Waals surface area contributed by atoms with Crippen LogP contribution in [0.25, 0.3) is 0 Å². The fourth-order valence-corrected chi connectivity index (χ4v) is 2.17. The molecule has 17 heavy (non-hydrogen) atoms. The highest BCUT2D eigenvalue weighted by Crippen LogP contribution is 2.16. The molecule has 0 atom stereocenters. The van der Waals surface area contributed by atoms with E-state index in [2.05, 4.69) is 11.9 Å². The molecule has 1 aromatic rings. The van der Waals surface area contributed by atoms with Crippen LogP contribution >= 0.6 is 11.6 Å². The number of carbonyl (C=O) groups is 1. The number of piperazine rings is 1. The molecule has 1 aliphatic heterocycles. The number of rotatable bonds is 2. The van der Waals surface area contributed by atoms with E-state index in [0.29, 0.717) is 11.4 Å². The maximum absolute atomic E-state index is 12.1. The Balaban J connectivity index is 1.95. The quantitative estimate of drug-likeness (QED) is 0.799. The third-order valence-electron chi connectivity index (χ3n) is 3.16. The zero-order valence-electron chi connectivity index (χ0n) is 10.0. The number of hydrogen-bond donors (Lipinski definition) is 0. The van der Waals surface area contributed by atoms with Gasteiger partial charge >= 0.3 is 0 Å². The number of benzene rings is 1. The lowest BCUT2D eigenvalue weighted by molar-refractivity contribution is -0.132. The molecule has 3 nitrogen and oxygen atoms in total. The Morgan fingerprint density at radius 1 is 1.24 bits per heavy atom. The van der Waals surface area contributed by atoms with Crippen LogP contribution in [0.15, 0.2) is 24.3 Å². The summed E-state index contributed by atoms with van der Waals surface area (Å²) in [5.41, 5.74) is 0.915. The third-order valence-corrected chi connectivity index (χ3v) is 3.52. The van der Waals surface area contributed by atoms with Gasteiger partial charge in [-0.05, 0) is 18.7 Å². The first-order chi connectivity index (χ1) is 8.16. The number of amides is 1. The van der Waals surface area contributed by atoms with Gasteiger partial charge in [0.2, 0.25) is 5.91 Å². The van der Waals surface area contributed by atoms with Crippen LogP contribution in [0.3, 0.4) is 0 Å². The van der Waals surface area contributed by atoms with Gasteiger partial charge in [0.1, 0.15) is 0 Å². The van der Waals surface area contributed by atoms with Crippen molar-refractivity contribution >= 4 is 17.5 Å². The molecule has 1 amide bonds. The SMILES string of the molecule is CN1CCN(C(=O)Cc2ccccc2Cl)CC1. The average molecular weight is 253 g/mol. The van der Waals surface area contributed by atoms with Crippen molar-refractivity contribution in [1.82, 2.24) is 9.80 Å². The summed E-state index contributed by atoms with van der Waals surface area (Å²) in [5.74, 6) is 0.172. The Kier molecular flexibility index (Phi) is 4.02. The van der Waals surface area contributed by atoms with Crippen molar-refractivity contribution in [2.24, 2.45) is 0 Å². The molecule has 0 N–H and O–H groups in total. The van der Waals surface area contributed by atoms with Crippen LogP contribution in [0, 0.1) is 0 Å². The fraction of sp³-hybridized carbons (Fsp3) is 0.462. The predicted molar refractivity (Wildman–Crippen MR) is 69.2 cm³/mol. The zero-order chi connectivity index (χ0) is 12.3. The minimum atomic E-state index is 0.172. The van der Waals surface area contributed by atoms with Gasteiger partial charge < -0.3 is 9.80 Å². The number of halogens is 1. The van der Waals surface area contributed by atoms with Crippen LogP contribution in [0.4, 0.5) is 0 Å². The van der Waals surface area contributed by atoms with Gasteiger partial charge in [-0.3, -0.25) is 4.79 Å². The highest BCUT2D eigenvalue weighted by molar-refractivity contribution is 6.31. The van der Waals surface area contributed by atoms with E-state index in [4.69, 9.17) is 11.6 Å². The van der Waals surface area contributed by atoms with Gasteiger partial charge in [-0.2, -0.15) is 0 Å². The van der Waals surface area contributed by atoms with Gasteiger partial charge in [0.05, 0.1) is 6.42 Å². The predicted octanol–water partition coefficient (Wildman–Crippen LogP) is 1.66. The van der Waals surface area contributed by atoms with Crippen LogP contribution in [0.2, 0.25) is 5.02 Å². The lowest BCUT2D eigenvalue weighted by Gasteiger charge is -2.32. The summed E-state index contributed by atoms with van der Waals surface area (Å²) >= 11 is 6.05. The fourth-order valence-electron chi connectivity index (χ4n) is 1.97. The van der Waals surface area contributed by atoms with E-state index in [1.54, 1.807) is 0 Å². The van der Waals surface area contributed by atoms with Crippen LogP contribution in [0.5, 0.6) is 0 Å². The van der Waals surface area contributed by atoms with Crippen molar-refractivity contribution < 1.29 is 4.79 Å².